The predicted octanol–water partition coefficient (Wildman–Crippen LogP) is 6.01. The molecule has 0 atom stereocenters. The van der Waals surface area contributed by atoms with Crippen molar-refractivity contribution in [1.29, 1.82) is 0 Å². The van der Waals surface area contributed by atoms with Crippen LogP contribution in [0, 0.1) is 0 Å². The summed E-state index contributed by atoms with van der Waals surface area (Å²) in [6, 6.07) is 31.8. The van der Waals surface area contributed by atoms with Gasteiger partial charge in [-0.15, -0.1) is 0 Å². The maximum Gasteiger partial charge on any atom is 0.0927 e. The minimum Gasteiger partial charge on any atom is -0.357 e. The Morgan fingerprint density at radius 1 is 0.357 bits per heavy atom. The SMILES string of the molecule is [O]=[Hf+2].c1ccc2c(c1)-c1nc-2nc2[n-]c(nc3nc(nc4[n-]c(n1)c1ccccc41)-c1ccccc1-3)c1ccccc21. The van der Waals surface area contributed by atoms with Crippen molar-refractivity contribution in [3.63, 3.8) is 0 Å². The number of nitrogens with zero attached hydrogens (tertiary/aromatic N) is 8. The van der Waals surface area contributed by atoms with Crippen LogP contribution in [0.1, 0.15) is 0 Å². The molecule has 0 spiro atoms. The van der Waals surface area contributed by atoms with Crippen molar-refractivity contribution >= 4 is 44.1 Å². The first-order chi connectivity index (χ1) is 20.8. The zero-order valence-corrected chi connectivity index (χ0v) is 25.3. The number of hydrogen-bond donors (Lipinski definition) is 0. The summed E-state index contributed by atoms with van der Waals surface area (Å²) in [5, 5.41) is 3.57. The first kappa shape index (κ1) is 24.7. The van der Waals surface area contributed by atoms with Gasteiger partial charge in [0, 0.05) is 44.8 Å². The predicted molar refractivity (Wildman–Crippen MR) is 155 cm³/mol. The van der Waals surface area contributed by atoms with Gasteiger partial charge in [0.25, 0.3) is 0 Å². The molecular formula is C32H16HfN8O. The second-order valence-corrected chi connectivity index (χ2v) is 9.67. The fourth-order valence-corrected chi connectivity index (χ4v) is 5.46. The molecule has 0 amide bonds. The molecule has 7 aromatic rings. The smallest absolute Gasteiger partial charge is 0.0927 e. The van der Waals surface area contributed by atoms with Gasteiger partial charge in [0.15, 0.2) is 0 Å². The number of fused-ring (bicyclic) bond motifs is 20. The van der Waals surface area contributed by atoms with E-state index < -0.39 is 0 Å². The fraction of sp³-hybridized carbons (Fsp3) is 0. The minimum atomic E-state index is 0.0556. The molecule has 0 N–H and O–H groups in total. The molecule has 0 saturated carbocycles. The number of aromatic nitrogens is 8. The molecule has 0 radical (unpaired) electrons. The molecule has 2 aliphatic heterocycles. The molecule has 2 aliphatic rings. The van der Waals surface area contributed by atoms with Crippen LogP contribution in [0.25, 0.3) is 89.7 Å². The van der Waals surface area contributed by atoms with Crippen molar-refractivity contribution in [3.05, 3.63) is 97.1 Å². The van der Waals surface area contributed by atoms with Crippen molar-refractivity contribution in [1.82, 2.24) is 39.9 Å². The van der Waals surface area contributed by atoms with Crippen LogP contribution in [-0.4, -0.2) is 29.9 Å². The van der Waals surface area contributed by atoms with Crippen molar-refractivity contribution < 1.29 is 27.2 Å². The van der Waals surface area contributed by atoms with Crippen LogP contribution in [-0.2, 0) is 27.2 Å². The molecular weight excluding hydrogens is 691 g/mol. The van der Waals surface area contributed by atoms with Crippen LogP contribution in [0.2, 0.25) is 0 Å². The maximum atomic E-state index is 8.39. The van der Waals surface area contributed by atoms with Crippen LogP contribution in [0.15, 0.2) is 97.1 Å². The average Bonchev–Trinajstić information content (AvgIpc) is 3.78. The van der Waals surface area contributed by atoms with Crippen molar-refractivity contribution in [3.8, 4) is 45.6 Å². The molecule has 0 aliphatic carbocycles. The summed E-state index contributed by atoms with van der Waals surface area (Å²) in [7, 11) is 0. The normalized spacial score (nSPS) is 11.6. The standard InChI is InChI=1S/C32H16N8.Hf.O/c1-2-10-18-17(9-1)25-33-26(18)38-28-21-13-5-6-14-22(21)30(35-28)40-32-24-16-8-7-15-23(24)31(36-32)39-29-20-12-4-3-11-19(20)27(34-29)37-25;;/h1-16H;;/q-2;+2;. The third-order valence-electron chi connectivity index (χ3n) is 7.33. The van der Waals surface area contributed by atoms with E-state index in [0.717, 1.165) is 43.8 Å². The van der Waals surface area contributed by atoms with E-state index in [1.54, 1.807) is 0 Å². The van der Waals surface area contributed by atoms with E-state index >= 15 is 0 Å². The zero-order valence-electron chi connectivity index (χ0n) is 21.7. The van der Waals surface area contributed by atoms with Gasteiger partial charge in [-0.05, 0) is 21.5 Å². The van der Waals surface area contributed by atoms with Crippen molar-refractivity contribution in [2.24, 2.45) is 0 Å². The van der Waals surface area contributed by atoms with Crippen LogP contribution in [0.5, 0.6) is 0 Å². The Morgan fingerprint density at radius 2 is 0.595 bits per heavy atom. The Labute approximate surface area is 252 Å². The Bertz CT molecular complexity index is 2060. The molecule has 8 bridgehead atoms. The average molecular weight is 707 g/mol. The van der Waals surface area contributed by atoms with Crippen LogP contribution in [0.3, 0.4) is 0 Å². The van der Waals surface area contributed by atoms with E-state index in [1.165, 1.54) is 0 Å². The Hall–Kier alpha value is -5.09. The van der Waals surface area contributed by atoms with Gasteiger partial charge in [0.05, 0.1) is 23.3 Å². The van der Waals surface area contributed by atoms with Gasteiger partial charge in [-0.3, -0.25) is 0 Å². The Kier molecular flexibility index (Phi) is 5.75. The van der Waals surface area contributed by atoms with Gasteiger partial charge in [0.2, 0.25) is 0 Å². The Balaban J connectivity index is 0.00000131. The van der Waals surface area contributed by atoms with E-state index in [9.17, 15) is 0 Å². The summed E-state index contributed by atoms with van der Waals surface area (Å²) in [6.45, 7) is 0. The monoisotopic (exact) mass is 708 g/mol. The summed E-state index contributed by atoms with van der Waals surface area (Å²) in [4.78, 5) is 39.3. The third kappa shape index (κ3) is 3.79. The molecule has 10 heteroatoms. The molecule has 3 aromatic heterocycles. The van der Waals surface area contributed by atoms with Gasteiger partial charge in [-0.25, -0.2) is 9.97 Å². The third-order valence-corrected chi connectivity index (χ3v) is 7.33. The van der Waals surface area contributed by atoms with Gasteiger partial charge in [-0.1, -0.05) is 97.1 Å². The molecule has 9 nitrogen and oxygen atoms in total. The number of benzene rings is 4. The fourth-order valence-electron chi connectivity index (χ4n) is 5.46. The zero-order chi connectivity index (χ0) is 28.2. The number of hydrogen-bond acceptors (Lipinski definition) is 7. The van der Waals surface area contributed by atoms with E-state index in [4.69, 9.17) is 42.7 Å². The summed E-state index contributed by atoms with van der Waals surface area (Å²) in [5.41, 5.74) is 5.78. The van der Waals surface area contributed by atoms with Crippen molar-refractivity contribution in [2.45, 2.75) is 0 Å². The van der Waals surface area contributed by atoms with Crippen LogP contribution < -0.4 is 9.97 Å². The molecule has 0 fully saturated rings. The van der Waals surface area contributed by atoms with E-state index in [1.807, 2.05) is 97.1 Å². The second-order valence-electron chi connectivity index (χ2n) is 9.67. The first-order valence-corrected chi connectivity index (χ1v) is 14.6. The molecule has 5 heterocycles. The summed E-state index contributed by atoms with van der Waals surface area (Å²) < 4.78 is 8.39. The van der Waals surface area contributed by atoms with E-state index in [-0.39, 0.29) is 24.4 Å². The molecule has 42 heavy (non-hydrogen) atoms. The van der Waals surface area contributed by atoms with Crippen molar-refractivity contribution in [2.75, 3.05) is 0 Å². The molecule has 4 aromatic carbocycles. The largest absolute Gasteiger partial charge is 0.357 e. The molecule has 194 valence electrons. The Morgan fingerprint density at radius 3 is 0.857 bits per heavy atom. The second kappa shape index (κ2) is 9.78. The maximum absolute atomic E-state index is 8.39. The summed E-state index contributed by atoms with van der Waals surface area (Å²) >= 11 is 0.0556. The minimum absolute atomic E-state index is 0.0556. The summed E-state index contributed by atoms with van der Waals surface area (Å²) in [5.74, 6) is 2.21. The van der Waals surface area contributed by atoms with Gasteiger partial charge in [-0.2, -0.15) is 0 Å². The number of rotatable bonds is 0. The molecule has 9 rings (SSSR count). The first-order valence-electron chi connectivity index (χ1n) is 13.1. The molecule has 0 saturated heterocycles. The quantitative estimate of drug-likeness (QED) is 0.175. The van der Waals surface area contributed by atoms with Crippen LogP contribution in [0.4, 0.5) is 0 Å². The summed E-state index contributed by atoms with van der Waals surface area (Å²) in [6.07, 6.45) is 0. The van der Waals surface area contributed by atoms with Gasteiger partial charge < -0.3 is 29.9 Å². The van der Waals surface area contributed by atoms with E-state index in [0.29, 0.717) is 45.9 Å². The molecule has 0 unspecified atom stereocenters. The topological polar surface area (TPSA) is 123 Å². The van der Waals surface area contributed by atoms with E-state index in [2.05, 4.69) is 0 Å². The van der Waals surface area contributed by atoms with Crippen LogP contribution >= 0.6 is 0 Å². The van der Waals surface area contributed by atoms with Gasteiger partial charge in [0.1, 0.15) is 0 Å². The van der Waals surface area contributed by atoms with Gasteiger partial charge >= 0.3 is 27.2 Å².